The van der Waals surface area contributed by atoms with Crippen LogP contribution in [0.4, 0.5) is 0 Å². The van der Waals surface area contributed by atoms with E-state index >= 15 is 0 Å². The third-order valence-corrected chi connectivity index (χ3v) is 9.65. The summed E-state index contributed by atoms with van der Waals surface area (Å²) in [6.07, 6.45) is 1.93. The van der Waals surface area contributed by atoms with Crippen molar-refractivity contribution in [1.29, 1.82) is 0 Å². The summed E-state index contributed by atoms with van der Waals surface area (Å²) >= 11 is 0. The van der Waals surface area contributed by atoms with E-state index < -0.39 is 0 Å². The molecule has 0 saturated carbocycles. The average Bonchev–Trinajstić information content (AvgIpc) is 3.51. The lowest BCUT2D eigenvalue weighted by atomic mass is 9.85. The van der Waals surface area contributed by atoms with Gasteiger partial charge in [-0.3, -0.25) is 4.98 Å². The number of furan rings is 1. The highest BCUT2D eigenvalue weighted by molar-refractivity contribution is 6.29. The van der Waals surface area contributed by atoms with Gasteiger partial charge in [0.2, 0.25) is 0 Å². The molecule has 0 aliphatic rings. The standard InChI is InChI=1S/C45H27NO/c1-2-12-28(13-3-1)40-26-32(22-23-46-40)42-34-18-8-10-20-36(34)43(37-21-11-9-19-35(37)42)39-25-31-16-6-7-17-33(31)44-38-24-29-14-4-5-15-30(29)27-41(38)47-45(39)44/h1-27H. The molecule has 8 aromatic carbocycles. The van der Waals surface area contributed by atoms with Gasteiger partial charge in [-0.15, -0.1) is 0 Å². The van der Waals surface area contributed by atoms with Gasteiger partial charge < -0.3 is 4.42 Å². The van der Waals surface area contributed by atoms with Crippen LogP contribution in [-0.2, 0) is 0 Å². The first kappa shape index (κ1) is 26.0. The minimum Gasteiger partial charge on any atom is -0.455 e. The molecule has 0 unspecified atom stereocenters. The highest BCUT2D eigenvalue weighted by atomic mass is 16.3. The van der Waals surface area contributed by atoms with Crippen molar-refractivity contribution in [2.75, 3.05) is 0 Å². The molecule has 0 fully saturated rings. The number of benzene rings is 8. The first-order valence-electron chi connectivity index (χ1n) is 16.0. The molecule has 10 aromatic rings. The van der Waals surface area contributed by atoms with Crippen LogP contribution in [0.2, 0.25) is 0 Å². The number of hydrogen-bond donors (Lipinski definition) is 0. The summed E-state index contributed by atoms with van der Waals surface area (Å²) in [5, 5.41) is 11.9. The minimum atomic E-state index is 0.909. The maximum absolute atomic E-state index is 6.92. The van der Waals surface area contributed by atoms with Gasteiger partial charge in [0, 0.05) is 33.7 Å². The molecule has 0 bridgehead atoms. The Kier molecular flexibility index (Phi) is 5.61. The molecule has 47 heavy (non-hydrogen) atoms. The van der Waals surface area contributed by atoms with Gasteiger partial charge in [-0.2, -0.15) is 0 Å². The Morgan fingerprint density at radius 3 is 1.68 bits per heavy atom. The van der Waals surface area contributed by atoms with Gasteiger partial charge in [0.05, 0.1) is 5.69 Å². The molecule has 218 valence electrons. The molecule has 2 heterocycles. The highest BCUT2D eigenvalue weighted by Crippen LogP contribution is 2.48. The van der Waals surface area contributed by atoms with E-state index in [9.17, 15) is 0 Å². The van der Waals surface area contributed by atoms with Crippen LogP contribution in [0.15, 0.2) is 168 Å². The molecule has 0 saturated heterocycles. The fourth-order valence-electron chi connectivity index (χ4n) is 7.58. The van der Waals surface area contributed by atoms with Gasteiger partial charge in [-0.1, -0.05) is 127 Å². The molecule has 0 amide bonds. The van der Waals surface area contributed by atoms with E-state index in [1.165, 1.54) is 54.2 Å². The van der Waals surface area contributed by atoms with E-state index in [1.54, 1.807) is 0 Å². The fourth-order valence-corrected chi connectivity index (χ4v) is 7.58. The zero-order chi connectivity index (χ0) is 30.9. The topological polar surface area (TPSA) is 26.0 Å². The van der Waals surface area contributed by atoms with Crippen molar-refractivity contribution in [2.45, 2.75) is 0 Å². The second-order valence-electron chi connectivity index (χ2n) is 12.3. The summed E-state index contributed by atoms with van der Waals surface area (Å²) in [5.41, 5.74) is 8.57. The zero-order valence-electron chi connectivity index (χ0n) is 25.4. The Morgan fingerprint density at radius 1 is 0.404 bits per heavy atom. The number of hydrogen-bond acceptors (Lipinski definition) is 2. The molecule has 0 N–H and O–H groups in total. The number of aromatic nitrogens is 1. The molecule has 0 aliphatic heterocycles. The summed E-state index contributed by atoms with van der Waals surface area (Å²) in [5.74, 6) is 0. The van der Waals surface area contributed by atoms with Gasteiger partial charge in [0.1, 0.15) is 11.2 Å². The van der Waals surface area contributed by atoms with Crippen LogP contribution in [0, 0.1) is 0 Å². The predicted molar refractivity (Wildman–Crippen MR) is 198 cm³/mol. The van der Waals surface area contributed by atoms with Crippen LogP contribution >= 0.6 is 0 Å². The number of nitrogens with zero attached hydrogens (tertiary/aromatic N) is 1. The number of pyridine rings is 1. The molecular formula is C45H27NO. The monoisotopic (exact) mass is 597 g/mol. The fraction of sp³-hybridized carbons (Fsp3) is 0. The van der Waals surface area contributed by atoms with E-state index in [2.05, 4.69) is 152 Å². The molecule has 0 radical (unpaired) electrons. The maximum Gasteiger partial charge on any atom is 0.143 e. The van der Waals surface area contributed by atoms with E-state index in [-0.39, 0.29) is 0 Å². The first-order valence-corrected chi connectivity index (χ1v) is 16.0. The van der Waals surface area contributed by atoms with Crippen molar-refractivity contribution in [2.24, 2.45) is 0 Å². The van der Waals surface area contributed by atoms with Crippen LogP contribution in [0.1, 0.15) is 0 Å². The molecular weight excluding hydrogens is 571 g/mol. The predicted octanol–water partition coefficient (Wildman–Crippen LogP) is 12.6. The third-order valence-electron chi connectivity index (χ3n) is 9.65. The van der Waals surface area contributed by atoms with Crippen LogP contribution in [-0.4, -0.2) is 4.98 Å². The normalized spacial score (nSPS) is 11.8. The maximum atomic E-state index is 6.92. The molecule has 2 aromatic heterocycles. The average molecular weight is 598 g/mol. The van der Waals surface area contributed by atoms with Crippen molar-refractivity contribution in [1.82, 2.24) is 4.98 Å². The van der Waals surface area contributed by atoms with Gasteiger partial charge in [-0.25, -0.2) is 0 Å². The Bertz CT molecular complexity index is 2790. The summed E-state index contributed by atoms with van der Waals surface area (Å²) in [4.78, 5) is 4.75. The Balaban J connectivity index is 1.34. The number of fused-ring (bicyclic) bond motifs is 8. The minimum absolute atomic E-state index is 0.909. The SMILES string of the molecule is c1ccc(-c2cc(-c3c4ccccc4c(-c4cc5ccccc5c5c4oc4cc6ccccc6cc45)c4ccccc34)ccn2)cc1. The van der Waals surface area contributed by atoms with E-state index in [1.807, 2.05) is 12.3 Å². The largest absolute Gasteiger partial charge is 0.455 e. The van der Waals surface area contributed by atoms with Crippen molar-refractivity contribution < 1.29 is 4.42 Å². The van der Waals surface area contributed by atoms with Gasteiger partial charge in [0.15, 0.2) is 0 Å². The number of rotatable bonds is 3. The van der Waals surface area contributed by atoms with E-state index in [0.717, 1.165) is 44.3 Å². The van der Waals surface area contributed by atoms with Crippen molar-refractivity contribution in [3.63, 3.8) is 0 Å². The molecule has 10 rings (SSSR count). The lowest BCUT2D eigenvalue weighted by Gasteiger charge is -2.18. The molecule has 0 spiro atoms. The van der Waals surface area contributed by atoms with Crippen LogP contribution in [0.5, 0.6) is 0 Å². The quantitative estimate of drug-likeness (QED) is 0.189. The molecule has 0 aliphatic carbocycles. The lowest BCUT2D eigenvalue weighted by molar-refractivity contribution is 0.671. The van der Waals surface area contributed by atoms with Crippen LogP contribution in [0.25, 0.3) is 98.5 Å². The molecule has 0 atom stereocenters. The highest BCUT2D eigenvalue weighted by Gasteiger charge is 2.22. The lowest BCUT2D eigenvalue weighted by Crippen LogP contribution is -1.92. The van der Waals surface area contributed by atoms with Crippen molar-refractivity contribution >= 4 is 65.0 Å². The van der Waals surface area contributed by atoms with Crippen molar-refractivity contribution in [3.8, 4) is 33.5 Å². The zero-order valence-corrected chi connectivity index (χ0v) is 25.4. The van der Waals surface area contributed by atoms with Gasteiger partial charge >= 0.3 is 0 Å². The summed E-state index contributed by atoms with van der Waals surface area (Å²) < 4.78 is 6.92. The summed E-state index contributed by atoms with van der Waals surface area (Å²) in [6, 6.07) is 56.4. The van der Waals surface area contributed by atoms with Crippen LogP contribution in [0.3, 0.4) is 0 Å². The van der Waals surface area contributed by atoms with Crippen molar-refractivity contribution in [3.05, 3.63) is 164 Å². The van der Waals surface area contributed by atoms with Gasteiger partial charge in [-0.05, 0) is 84.5 Å². The third kappa shape index (κ3) is 3.95. The second-order valence-corrected chi connectivity index (χ2v) is 12.3. The summed E-state index contributed by atoms with van der Waals surface area (Å²) in [6.45, 7) is 0. The van der Waals surface area contributed by atoms with E-state index in [0.29, 0.717) is 0 Å². The Labute approximate surface area is 271 Å². The van der Waals surface area contributed by atoms with Crippen LogP contribution < -0.4 is 0 Å². The second kappa shape index (κ2) is 10.1. The smallest absolute Gasteiger partial charge is 0.143 e. The van der Waals surface area contributed by atoms with E-state index in [4.69, 9.17) is 9.40 Å². The summed E-state index contributed by atoms with van der Waals surface area (Å²) in [7, 11) is 0. The van der Waals surface area contributed by atoms with Gasteiger partial charge in [0.25, 0.3) is 0 Å². The Morgan fingerprint density at radius 2 is 0.979 bits per heavy atom. The first-order chi connectivity index (χ1) is 23.3. The molecule has 2 nitrogen and oxygen atoms in total. The Hall–Kier alpha value is -6.25. The molecule has 2 heteroatoms.